The van der Waals surface area contributed by atoms with Gasteiger partial charge in [-0.1, -0.05) is 13.8 Å². The highest BCUT2D eigenvalue weighted by Crippen LogP contribution is 2.23. The molecule has 1 aromatic rings. The van der Waals surface area contributed by atoms with Gasteiger partial charge in [0.25, 0.3) is 0 Å². The van der Waals surface area contributed by atoms with Gasteiger partial charge in [0.15, 0.2) is 0 Å². The predicted molar refractivity (Wildman–Crippen MR) is 77.2 cm³/mol. The molecule has 2 rings (SSSR count). The number of hydrogen-bond donors (Lipinski definition) is 2. The van der Waals surface area contributed by atoms with E-state index in [9.17, 15) is 9.59 Å². The monoisotopic (exact) mass is 294 g/mol. The molecule has 1 aromatic heterocycles. The van der Waals surface area contributed by atoms with E-state index in [1.165, 1.54) is 6.07 Å². The van der Waals surface area contributed by atoms with E-state index in [1.807, 2.05) is 4.90 Å². The summed E-state index contributed by atoms with van der Waals surface area (Å²) in [6.45, 7) is 6.81. The lowest BCUT2D eigenvalue weighted by atomic mass is 10.0. The number of urea groups is 1. The summed E-state index contributed by atoms with van der Waals surface area (Å²) in [4.78, 5) is 25.0. The predicted octanol–water partition coefficient (Wildman–Crippen LogP) is 2.62. The number of amides is 2. The number of nitrogens with zero attached hydrogens (tertiary/aromatic N) is 1. The molecule has 1 aliphatic rings. The van der Waals surface area contributed by atoms with Crippen LogP contribution in [0.5, 0.6) is 0 Å². The van der Waals surface area contributed by atoms with Crippen molar-refractivity contribution < 1.29 is 19.1 Å². The highest BCUT2D eigenvalue weighted by atomic mass is 16.4. The molecule has 116 valence electrons. The van der Waals surface area contributed by atoms with E-state index < -0.39 is 5.97 Å². The van der Waals surface area contributed by atoms with Gasteiger partial charge in [0.05, 0.1) is 6.54 Å². The van der Waals surface area contributed by atoms with Gasteiger partial charge in [-0.05, 0) is 31.7 Å². The van der Waals surface area contributed by atoms with E-state index in [-0.39, 0.29) is 24.2 Å². The second kappa shape index (κ2) is 6.20. The average Bonchev–Trinajstić information content (AvgIpc) is 3.02. The first kappa shape index (κ1) is 15.4. The fourth-order valence-corrected chi connectivity index (χ4v) is 2.85. The van der Waals surface area contributed by atoms with E-state index in [2.05, 4.69) is 19.2 Å². The first-order valence-corrected chi connectivity index (χ1v) is 7.27. The summed E-state index contributed by atoms with van der Waals surface area (Å²) in [6.07, 6.45) is 2.06. The van der Waals surface area contributed by atoms with Crippen LogP contribution in [-0.4, -0.2) is 34.6 Å². The van der Waals surface area contributed by atoms with Crippen LogP contribution in [-0.2, 0) is 6.54 Å². The number of likely N-dealkylation sites (tertiary alicyclic amines) is 1. The maximum absolute atomic E-state index is 12.2. The van der Waals surface area contributed by atoms with Crippen LogP contribution < -0.4 is 5.32 Å². The zero-order valence-electron chi connectivity index (χ0n) is 12.7. The topological polar surface area (TPSA) is 82.8 Å². The summed E-state index contributed by atoms with van der Waals surface area (Å²) < 4.78 is 5.35. The number of carboxylic acid groups (broad SMARTS) is 1. The van der Waals surface area contributed by atoms with Gasteiger partial charge in [0.1, 0.15) is 17.1 Å². The van der Waals surface area contributed by atoms with Crippen LogP contribution in [0, 0.1) is 12.8 Å². The smallest absolute Gasteiger partial charge is 0.339 e. The molecule has 0 spiro atoms. The molecule has 1 saturated heterocycles. The summed E-state index contributed by atoms with van der Waals surface area (Å²) in [5, 5.41) is 11.8. The molecular formula is C15H22N2O4. The highest BCUT2D eigenvalue weighted by Gasteiger charge is 2.30. The molecule has 1 unspecified atom stereocenters. The quantitative estimate of drug-likeness (QED) is 0.894. The lowest BCUT2D eigenvalue weighted by Crippen LogP contribution is -2.44. The van der Waals surface area contributed by atoms with Crippen molar-refractivity contribution in [3.63, 3.8) is 0 Å². The SMILES string of the molecule is Cc1oc(CNC(=O)N2CCCC2C(C)C)cc1C(=O)O. The van der Waals surface area contributed by atoms with Gasteiger partial charge in [-0.25, -0.2) is 9.59 Å². The number of hydrogen-bond acceptors (Lipinski definition) is 3. The zero-order chi connectivity index (χ0) is 15.6. The van der Waals surface area contributed by atoms with E-state index in [0.717, 1.165) is 19.4 Å². The van der Waals surface area contributed by atoms with Crippen molar-refractivity contribution >= 4 is 12.0 Å². The van der Waals surface area contributed by atoms with Gasteiger partial charge >= 0.3 is 12.0 Å². The van der Waals surface area contributed by atoms with E-state index in [1.54, 1.807) is 6.92 Å². The molecule has 2 amide bonds. The Morgan fingerprint density at radius 3 is 2.81 bits per heavy atom. The molecular weight excluding hydrogens is 272 g/mol. The molecule has 0 aromatic carbocycles. The molecule has 0 saturated carbocycles. The number of carbonyl (C=O) groups excluding carboxylic acids is 1. The van der Waals surface area contributed by atoms with Crippen molar-refractivity contribution in [3.05, 3.63) is 23.2 Å². The van der Waals surface area contributed by atoms with E-state index >= 15 is 0 Å². The number of nitrogens with one attached hydrogen (secondary N) is 1. The van der Waals surface area contributed by atoms with Gasteiger partial charge in [0.2, 0.25) is 0 Å². The molecule has 2 heterocycles. The molecule has 21 heavy (non-hydrogen) atoms. The van der Waals surface area contributed by atoms with Crippen LogP contribution in [0.15, 0.2) is 10.5 Å². The Bertz CT molecular complexity index is 536. The third-order valence-corrected chi connectivity index (χ3v) is 3.94. The Morgan fingerprint density at radius 1 is 1.52 bits per heavy atom. The summed E-state index contributed by atoms with van der Waals surface area (Å²) in [7, 11) is 0. The fraction of sp³-hybridized carbons (Fsp3) is 0.600. The number of rotatable bonds is 4. The molecule has 0 radical (unpaired) electrons. The number of carboxylic acids is 1. The van der Waals surface area contributed by atoms with Gasteiger partial charge in [-0.2, -0.15) is 0 Å². The van der Waals surface area contributed by atoms with Crippen LogP contribution >= 0.6 is 0 Å². The molecule has 1 atom stereocenters. The number of aromatic carboxylic acids is 1. The Morgan fingerprint density at radius 2 is 2.24 bits per heavy atom. The van der Waals surface area contributed by atoms with Gasteiger partial charge in [0, 0.05) is 12.6 Å². The van der Waals surface area contributed by atoms with Gasteiger partial charge in [-0.15, -0.1) is 0 Å². The largest absolute Gasteiger partial charge is 0.478 e. The van der Waals surface area contributed by atoms with Gasteiger partial charge in [-0.3, -0.25) is 0 Å². The van der Waals surface area contributed by atoms with Crippen molar-refractivity contribution in [2.75, 3.05) is 6.54 Å². The Labute approximate surface area is 124 Å². The standard InChI is InChI=1S/C15H22N2O4/c1-9(2)13-5-4-6-17(13)15(20)16-8-11-7-12(14(18)19)10(3)21-11/h7,9,13H,4-6,8H2,1-3H3,(H,16,20)(H,18,19). The first-order chi connectivity index (χ1) is 9.90. The molecule has 0 bridgehead atoms. The fourth-order valence-electron chi connectivity index (χ4n) is 2.85. The second-order valence-electron chi connectivity index (χ2n) is 5.79. The van der Waals surface area contributed by atoms with Crippen molar-refractivity contribution in [2.45, 2.75) is 46.2 Å². The minimum absolute atomic E-state index is 0.114. The molecule has 2 N–H and O–H groups in total. The maximum Gasteiger partial charge on any atom is 0.339 e. The number of furan rings is 1. The Hall–Kier alpha value is -1.98. The van der Waals surface area contributed by atoms with Crippen LogP contribution in [0.2, 0.25) is 0 Å². The van der Waals surface area contributed by atoms with Crippen molar-refractivity contribution in [3.8, 4) is 0 Å². The first-order valence-electron chi connectivity index (χ1n) is 7.27. The van der Waals surface area contributed by atoms with Crippen LogP contribution in [0.1, 0.15) is 48.6 Å². The van der Waals surface area contributed by atoms with Crippen LogP contribution in [0.25, 0.3) is 0 Å². The van der Waals surface area contributed by atoms with Crippen molar-refractivity contribution in [1.82, 2.24) is 10.2 Å². The maximum atomic E-state index is 12.2. The summed E-state index contributed by atoms with van der Waals surface area (Å²) in [5.41, 5.74) is 0.139. The van der Waals surface area contributed by atoms with Crippen molar-refractivity contribution in [2.24, 2.45) is 5.92 Å². The minimum Gasteiger partial charge on any atom is -0.478 e. The number of carbonyl (C=O) groups is 2. The van der Waals surface area contributed by atoms with E-state index in [4.69, 9.17) is 9.52 Å². The Kier molecular flexibility index (Phi) is 4.55. The minimum atomic E-state index is -1.02. The molecule has 6 nitrogen and oxygen atoms in total. The van der Waals surface area contributed by atoms with Crippen LogP contribution in [0.4, 0.5) is 4.79 Å². The molecule has 0 aliphatic carbocycles. The lowest BCUT2D eigenvalue weighted by molar-refractivity contribution is 0.0695. The average molecular weight is 294 g/mol. The summed E-state index contributed by atoms with van der Waals surface area (Å²) >= 11 is 0. The summed E-state index contributed by atoms with van der Waals surface area (Å²) in [6, 6.07) is 1.62. The van der Waals surface area contributed by atoms with E-state index in [0.29, 0.717) is 17.4 Å². The molecule has 1 fully saturated rings. The third kappa shape index (κ3) is 3.37. The normalized spacial score (nSPS) is 18.3. The third-order valence-electron chi connectivity index (χ3n) is 3.94. The Balaban J connectivity index is 1.95. The molecule has 6 heteroatoms. The zero-order valence-corrected chi connectivity index (χ0v) is 12.7. The second-order valence-corrected chi connectivity index (χ2v) is 5.79. The van der Waals surface area contributed by atoms with Gasteiger partial charge < -0.3 is 19.7 Å². The molecule has 1 aliphatic heterocycles. The highest BCUT2D eigenvalue weighted by molar-refractivity contribution is 5.88. The number of aryl methyl sites for hydroxylation is 1. The summed E-state index contributed by atoms with van der Waals surface area (Å²) in [5.74, 6) is 0.225. The lowest BCUT2D eigenvalue weighted by Gasteiger charge is -2.27. The van der Waals surface area contributed by atoms with Crippen LogP contribution in [0.3, 0.4) is 0 Å². The van der Waals surface area contributed by atoms with Crippen molar-refractivity contribution in [1.29, 1.82) is 0 Å².